The summed E-state index contributed by atoms with van der Waals surface area (Å²) < 4.78 is 8.42. The van der Waals surface area contributed by atoms with Crippen LogP contribution in [0.25, 0.3) is 11.3 Å². The summed E-state index contributed by atoms with van der Waals surface area (Å²) in [5, 5.41) is 3.00. The normalized spacial score (nSPS) is 15.8. The minimum Gasteiger partial charge on any atom is -0.358 e. The van der Waals surface area contributed by atoms with Crippen LogP contribution in [0.15, 0.2) is 24.8 Å². The number of halogens is 1. The quantitative estimate of drug-likeness (QED) is 0.693. The van der Waals surface area contributed by atoms with E-state index in [9.17, 15) is 4.79 Å². The molecule has 9 nitrogen and oxygen atoms in total. The van der Waals surface area contributed by atoms with E-state index in [0.29, 0.717) is 29.7 Å². The smallest absolute Gasteiger partial charge is 0.247 e. The zero-order valence-corrected chi connectivity index (χ0v) is 15.8. The zero-order valence-electron chi connectivity index (χ0n) is 13.6. The SMILES string of the molecule is CCN1C(=O)CNc2ncc(-c3ccc(C4=NI=NN4)nc3C)nc21. The van der Waals surface area contributed by atoms with E-state index in [-0.39, 0.29) is 12.5 Å². The maximum atomic E-state index is 12.1. The van der Waals surface area contributed by atoms with Gasteiger partial charge in [0.2, 0.25) is 5.91 Å². The molecule has 0 saturated heterocycles. The first-order chi connectivity index (χ1) is 12.2. The molecule has 10 heteroatoms. The molecule has 2 N–H and O–H groups in total. The third-order valence-electron chi connectivity index (χ3n) is 3.95. The highest BCUT2D eigenvalue weighted by Gasteiger charge is 2.25. The molecule has 0 radical (unpaired) electrons. The number of aryl methyl sites for hydroxylation is 1. The summed E-state index contributed by atoms with van der Waals surface area (Å²) in [7, 11) is 0. The van der Waals surface area contributed by atoms with Crippen LogP contribution in [0, 0.1) is 6.92 Å². The first kappa shape index (κ1) is 16.0. The van der Waals surface area contributed by atoms with Crippen LogP contribution in [-0.2, 0) is 4.79 Å². The number of hydrogen-bond acceptors (Lipinski definition) is 8. The number of amides is 1. The molecule has 2 aliphatic heterocycles. The Morgan fingerprint density at radius 3 is 2.88 bits per heavy atom. The molecule has 0 unspecified atom stereocenters. The lowest BCUT2D eigenvalue weighted by Gasteiger charge is -2.27. The van der Waals surface area contributed by atoms with Gasteiger partial charge in [-0.05, 0) is 26.0 Å². The third kappa shape index (κ3) is 2.86. The van der Waals surface area contributed by atoms with E-state index in [1.54, 1.807) is 11.1 Å². The predicted octanol–water partition coefficient (Wildman–Crippen LogP) is 1.96. The Labute approximate surface area is 154 Å². The van der Waals surface area contributed by atoms with Gasteiger partial charge in [-0.25, -0.2) is 15.0 Å². The van der Waals surface area contributed by atoms with Crippen LogP contribution in [0.4, 0.5) is 11.6 Å². The van der Waals surface area contributed by atoms with Crippen molar-refractivity contribution in [2.24, 2.45) is 6.46 Å². The van der Waals surface area contributed by atoms with Gasteiger partial charge < -0.3 is 5.32 Å². The van der Waals surface area contributed by atoms with Gasteiger partial charge in [-0.3, -0.25) is 15.1 Å². The van der Waals surface area contributed by atoms with Crippen LogP contribution in [-0.4, -0.2) is 39.8 Å². The Kier molecular flexibility index (Phi) is 4.11. The Bertz CT molecular complexity index is 926. The van der Waals surface area contributed by atoms with Gasteiger partial charge in [-0.15, -0.1) is 3.25 Å². The van der Waals surface area contributed by atoms with Crippen molar-refractivity contribution in [1.29, 1.82) is 0 Å². The number of nitrogens with one attached hydrogen (secondary N) is 2. The molecular formula is C15H15IN8O. The van der Waals surface area contributed by atoms with Crippen LogP contribution >= 0.6 is 21.3 Å². The number of nitrogens with zero attached hydrogens (tertiary/aromatic N) is 6. The number of aromatic nitrogens is 3. The summed E-state index contributed by atoms with van der Waals surface area (Å²) >= 11 is -0.509. The molecule has 0 spiro atoms. The van der Waals surface area contributed by atoms with E-state index >= 15 is 0 Å². The van der Waals surface area contributed by atoms with Crippen molar-refractivity contribution in [1.82, 2.24) is 20.4 Å². The van der Waals surface area contributed by atoms with Gasteiger partial charge in [0, 0.05) is 17.8 Å². The molecule has 1 amide bonds. The molecule has 0 saturated carbocycles. The number of amidine groups is 1. The average molecular weight is 450 g/mol. The number of anilines is 2. The lowest BCUT2D eigenvalue weighted by Crippen LogP contribution is -2.40. The number of carbonyl (C=O) groups excluding carboxylic acids is 1. The predicted molar refractivity (Wildman–Crippen MR) is 103 cm³/mol. The Balaban J connectivity index is 1.73. The number of fused-ring (bicyclic) bond motifs is 1. The minimum absolute atomic E-state index is 0.0102. The van der Waals surface area contributed by atoms with Gasteiger partial charge in [-0.2, -0.15) is 3.21 Å². The van der Waals surface area contributed by atoms with E-state index in [2.05, 4.69) is 32.2 Å². The lowest BCUT2D eigenvalue weighted by atomic mass is 10.1. The second-order valence-electron chi connectivity index (χ2n) is 5.45. The molecule has 128 valence electrons. The fourth-order valence-electron chi connectivity index (χ4n) is 2.72. The van der Waals surface area contributed by atoms with Crippen LogP contribution in [0.3, 0.4) is 0 Å². The molecule has 4 rings (SSSR count). The molecule has 0 bridgehead atoms. The van der Waals surface area contributed by atoms with Crippen molar-refractivity contribution < 1.29 is 4.79 Å². The molecule has 0 aromatic carbocycles. The fourth-order valence-corrected chi connectivity index (χ4v) is 3.73. The minimum atomic E-state index is -0.509. The summed E-state index contributed by atoms with van der Waals surface area (Å²) in [5.41, 5.74) is 6.04. The summed E-state index contributed by atoms with van der Waals surface area (Å²) in [6.45, 7) is 4.64. The average Bonchev–Trinajstić information content (AvgIpc) is 3.16. The second-order valence-corrected chi connectivity index (χ2v) is 6.85. The fraction of sp³-hybridized carbons (Fsp3) is 0.267. The number of likely N-dealkylation sites (N-methyl/N-ethyl adjacent to an activating group) is 1. The third-order valence-corrected chi connectivity index (χ3v) is 5.10. The molecular weight excluding hydrogens is 435 g/mol. The van der Waals surface area contributed by atoms with Crippen LogP contribution < -0.4 is 15.6 Å². The summed E-state index contributed by atoms with van der Waals surface area (Å²) in [6.07, 6.45) is 1.70. The Hall–Kier alpha value is -2.50. The van der Waals surface area contributed by atoms with Crippen LogP contribution in [0.1, 0.15) is 18.3 Å². The molecule has 2 aliphatic rings. The number of carbonyl (C=O) groups is 1. The van der Waals surface area contributed by atoms with Crippen molar-refractivity contribution in [3.05, 3.63) is 29.7 Å². The maximum Gasteiger partial charge on any atom is 0.247 e. The largest absolute Gasteiger partial charge is 0.358 e. The van der Waals surface area contributed by atoms with Crippen LogP contribution in [0.2, 0.25) is 0 Å². The molecule has 4 heterocycles. The summed E-state index contributed by atoms with van der Waals surface area (Å²) in [4.78, 5) is 27.4. The van der Waals surface area contributed by atoms with Gasteiger partial charge in [0.1, 0.15) is 5.69 Å². The molecule has 0 fully saturated rings. The molecule has 2 aromatic heterocycles. The highest BCUT2D eigenvalue weighted by Crippen LogP contribution is 2.29. The van der Waals surface area contributed by atoms with Crippen molar-refractivity contribution in [3.63, 3.8) is 0 Å². The Morgan fingerprint density at radius 2 is 2.16 bits per heavy atom. The number of hydrogen-bond donors (Lipinski definition) is 2. The Morgan fingerprint density at radius 1 is 1.28 bits per heavy atom. The second kappa shape index (κ2) is 6.43. The van der Waals surface area contributed by atoms with E-state index in [4.69, 9.17) is 0 Å². The molecule has 2 aromatic rings. The standard InChI is InChI=1S/C15H15IN8O/c1-3-24-12(25)7-18-14-15(24)20-11(6-17-14)9-4-5-10(19-8(9)2)13-21-16-23-22-13/h4-6H,3,7H2,1-2H3,(H,17,18)(H,21,22,23). The summed E-state index contributed by atoms with van der Waals surface area (Å²) in [5.74, 6) is 1.89. The van der Waals surface area contributed by atoms with Crippen LogP contribution in [0.5, 0.6) is 0 Å². The highest BCUT2D eigenvalue weighted by atomic mass is 127. The van der Waals surface area contributed by atoms with Crippen molar-refractivity contribution in [2.45, 2.75) is 13.8 Å². The van der Waals surface area contributed by atoms with Gasteiger partial charge in [0.05, 0.1) is 18.4 Å². The highest BCUT2D eigenvalue weighted by molar-refractivity contribution is 14.1. The van der Waals surface area contributed by atoms with Crippen molar-refractivity contribution in [3.8, 4) is 11.3 Å². The van der Waals surface area contributed by atoms with E-state index in [1.807, 2.05) is 26.0 Å². The molecule has 0 atom stereocenters. The number of pyridine rings is 1. The molecule has 0 aliphatic carbocycles. The first-order valence-corrected chi connectivity index (χ1v) is 9.67. The van der Waals surface area contributed by atoms with Crippen molar-refractivity contribution in [2.75, 3.05) is 23.3 Å². The van der Waals surface area contributed by atoms with Gasteiger partial charge >= 0.3 is 0 Å². The lowest BCUT2D eigenvalue weighted by molar-refractivity contribution is -0.117. The summed E-state index contributed by atoms with van der Waals surface area (Å²) in [6, 6.07) is 3.84. The topological polar surface area (TPSA) is 108 Å². The van der Waals surface area contributed by atoms with E-state index < -0.39 is 21.3 Å². The molecule has 25 heavy (non-hydrogen) atoms. The zero-order chi connectivity index (χ0) is 17.4. The monoisotopic (exact) mass is 450 g/mol. The van der Waals surface area contributed by atoms with E-state index in [0.717, 1.165) is 17.0 Å². The maximum absolute atomic E-state index is 12.1. The van der Waals surface area contributed by atoms with E-state index in [1.165, 1.54) is 0 Å². The van der Waals surface area contributed by atoms with Gasteiger partial charge in [0.25, 0.3) is 0 Å². The number of rotatable bonds is 3. The first-order valence-electron chi connectivity index (χ1n) is 7.74. The van der Waals surface area contributed by atoms with Gasteiger partial charge in [-0.1, -0.05) is 0 Å². The van der Waals surface area contributed by atoms with Gasteiger partial charge in [0.15, 0.2) is 38.8 Å². The van der Waals surface area contributed by atoms with Crippen molar-refractivity contribution >= 4 is 44.7 Å².